The topological polar surface area (TPSA) is 58.6 Å². The molecule has 0 saturated carbocycles. The van der Waals surface area contributed by atoms with Crippen molar-refractivity contribution >= 4 is 6.16 Å². The zero-order valence-corrected chi connectivity index (χ0v) is 4.84. The third-order valence-electron chi connectivity index (χ3n) is 0.295. The van der Waals surface area contributed by atoms with E-state index in [-0.39, 0.29) is 25.7 Å². The van der Waals surface area contributed by atoms with Crippen molar-refractivity contribution in [3.05, 3.63) is 0 Å². The first kappa shape index (κ1) is 10.7. The first-order valence-corrected chi connectivity index (χ1v) is 1.60. The van der Waals surface area contributed by atoms with E-state index in [0.29, 0.717) is 0 Å². The average Bonchev–Trinajstić information content (AvgIpc) is 1.61. The molecule has 0 fully saturated rings. The summed E-state index contributed by atoms with van der Waals surface area (Å²) in [7, 11) is 1.32. The van der Waals surface area contributed by atoms with Crippen LogP contribution < -0.4 is 24.0 Å². The van der Waals surface area contributed by atoms with Crippen LogP contribution in [-0.2, 0) is 9.47 Å². The van der Waals surface area contributed by atoms with E-state index in [1.165, 1.54) is 7.11 Å². The fourth-order valence-electron chi connectivity index (χ4n) is 0.107. The van der Waals surface area contributed by atoms with Crippen LogP contribution in [0.3, 0.4) is 0 Å². The molecule has 4 nitrogen and oxygen atoms in total. The van der Waals surface area contributed by atoms with Gasteiger partial charge < -0.3 is 19.4 Å². The number of carboxylic acid groups (broad SMARTS) is 1. The third kappa shape index (κ3) is 9.27. The Morgan fingerprint density at radius 2 is 2.25 bits per heavy atom. The van der Waals surface area contributed by atoms with Crippen LogP contribution >= 0.6 is 0 Å². The van der Waals surface area contributed by atoms with Gasteiger partial charge in [-0.15, -0.1) is 0 Å². The number of carbonyl (C=O) groups excluding carboxylic acids is 1. The van der Waals surface area contributed by atoms with Crippen LogP contribution in [0.4, 0.5) is 4.79 Å². The minimum atomic E-state index is -1.57. The predicted molar refractivity (Wildman–Crippen MR) is 18.4 cm³/mol. The second-order valence-electron chi connectivity index (χ2n) is 0.801. The summed E-state index contributed by atoms with van der Waals surface area (Å²) in [5.41, 5.74) is 0. The summed E-state index contributed by atoms with van der Waals surface area (Å²) in [5.74, 6) is 0. The van der Waals surface area contributed by atoms with E-state index in [9.17, 15) is 9.90 Å². The Bertz CT molecular complexity index is 64.3. The van der Waals surface area contributed by atoms with Crippen molar-refractivity contribution in [3.8, 4) is 0 Å². The first-order chi connectivity index (χ1) is 3.27. The van der Waals surface area contributed by atoms with Crippen LogP contribution in [0.1, 0.15) is 0 Å². The van der Waals surface area contributed by atoms with Crippen LogP contribution in [0.5, 0.6) is 0 Å². The van der Waals surface area contributed by atoms with Gasteiger partial charge in [-0.2, -0.15) is 0 Å². The zero-order valence-electron chi connectivity index (χ0n) is 4.84. The molecule has 0 aliphatic rings. The number of carbonyl (C=O) groups is 1. The van der Waals surface area contributed by atoms with Crippen LogP contribution in [0.25, 0.3) is 0 Å². The van der Waals surface area contributed by atoms with Gasteiger partial charge in [0.25, 0.3) is 6.16 Å². The molecule has 0 amide bonds. The van der Waals surface area contributed by atoms with Gasteiger partial charge in [0.15, 0.2) is 0 Å². The molecule has 0 N–H and O–H groups in total. The summed E-state index contributed by atoms with van der Waals surface area (Å²) in [6, 6.07) is 0. The molecule has 0 aromatic carbocycles. The number of hydrogen-bond acceptors (Lipinski definition) is 4. The molecule has 0 rings (SSSR count). The Morgan fingerprint density at radius 3 is 2.38 bits per heavy atom. The van der Waals surface area contributed by atoms with Crippen molar-refractivity contribution in [2.24, 2.45) is 0 Å². The number of hydrogen-bond donors (Lipinski definition) is 0. The quantitative estimate of drug-likeness (QED) is 0.207. The molecule has 42 valence electrons. The standard InChI is InChI=1S/C3H6O4.Li/c1-6-2-7-3(4)5;/h2H2,1H3,(H,4,5);/q;+1/p-1. The van der Waals surface area contributed by atoms with Crippen LogP contribution in [0.2, 0.25) is 0 Å². The van der Waals surface area contributed by atoms with Crippen molar-refractivity contribution in [2.45, 2.75) is 0 Å². The predicted octanol–water partition coefficient (Wildman–Crippen LogP) is -4.05. The van der Waals surface area contributed by atoms with E-state index in [2.05, 4.69) is 9.47 Å². The Hall–Kier alpha value is -0.173. The molecular weight excluding hydrogens is 107 g/mol. The Labute approximate surface area is 58.9 Å². The minimum Gasteiger partial charge on any atom is -0.524 e. The first-order valence-electron chi connectivity index (χ1n) is 1.60. The Kier molecular flexibility index (Phi) is 9.17. The van der Waals surface area contributed by atoms with E-state index in [1.54, 1.807) is 0 Å². The van der Waals surface area contributed by atoms with Crippen molar-refractivity contribution < 1.29 is 38.2 Å². The molecule has 0 aromatic rings. The van der Waals surface area contributed by atoms with Gasteiger partial charge in [-0.25, -0.2) is 0 Å². The fourth-order valence-corrected chi connectivity index (χ4v) is 0.107. The molecule has 0 heterocycles. The van der Waals surface area contributed by atoms with E-state index in [4.69, 9.17) is 0 Å². The van der Waals surface area contributed by atoms with Crippen molar-refractivity contribution in [1.29, 1.82) is 0 Å². The molecule has 0 aliphatic carbocycles. The SMILES string of the molecule is COCOC(=O)[O-].[Li+]. The molecule has 0 atom stereocenters. The van der Waals surface area contributed by atoms with Gasteiger partial charge in [0.05, 0.1) is 0 Å². The Balaban J connectivity index is 0. The number of rotatable bonds is 2. The van der Waals surface area contributed by atoms with Crippen LogP contribution in [0.15, 0.2) is 0 Å². The molecule has 0 bridgehead atoms. The second kappa shape index (κ2) is 6.83. The monoisotopic (exact) mass is 112 g/mol. The maximum atomic E-state index is 9.34. The summed E-state index contributed by atoms with van der Waals surface area (Å²) in [5, 5.41) is 9.34. The van der Waals surface area contributed by atoms with Gasteiger partial charge in [0.1, 0.15) is 6.79 Å². The summed E-state index contributed by atoms with van der Waals surface area (Å²) >= 11 is 0. The molecule has 0 aromatic heterocycles. The number of methoxy groups -OCH3 is 1. The number of ether oxygens (including phenoxy) is 2. The molecule has 5 heteroatoms. The van der Waals surface area contributed by atoms with Gasteiger partial charge in [0.2, 0.25) is 0 Å². The van der Waals surface area contributed by atoms with Gasteiger partial charge in [-0.1, -0.05) is 0 Å². The fraction of sp³-hybridized carbons (Fsp3) is 0.667. The molecule has 0 aliphatic heterocycles. The van der Waals surface area contributed by atoms with Crippen molar-refractivity contribution in [3.63, 3.8) is 0 Å². The molecule has 8 heavy (non-hydrogen) atoms. The van der Waals surface area contributed by atoms with Crippen molar-refractivity contribution in [1.82, 2.24) is 0 Å². The molecule has 0 radical (unpaired) electrons. The summed E-state index contributed by atoms with van der Waals surface area (Å²) in [6.07, 6.45) is -1.57. The molecule has 0 saturated heterocycles. The normalized spacial score (nSPS) is 7.12. The summed E-state index contributed by atoms with van der Waals surface area (Å²) in [6.45, 7) is -0.262. The zero-order chi connectivity index (χ0) is 5.70. The van der Waals surface area contributed by atoms with Gasteiger partial charge in [-0.3, -0.25) is 0 Å². The minimum absolute atomic E-state index is 0. The van der Waals surface area contributed by atoms with Crippen LogP contribution in [-0.4, -0.2) is 20.1 Å². The molecular formula is C3H5LiO4. The molecule has 0 spiro atoms. The van der Waals surface area contributed by atoms with Crippen molar-refractivity contribution in [2.75, 3.05) is 13.9 Å². The molecule has 0 unspecified atom stereocenters. The third-order valence-corrected chi connectivity index (χ3v) is 0.295. The van der Waals surface area contributed by atoms with Gasteiger partial charge >= 0.3 is 18.9 Å². The van der Waals surface area contributed by atoms with E-state index in [0.717, 1.165) is 0 Å². The second-order valence-corrected chi connectivity index (χ2v) is 0.801. The smallest absolute Gasteiger partial charge is 0.524 e. The van der Waals surface area contributed by atoms with Crippen LogP contribution in [0, 0.1) is 0 Å². The maximum absolute atomic E-state index is 9.34. The Morgan fingerprint density at radius 1 is 1.75 bits per heavy atom. The average molecular weight is 112 g/mol. The summed E-state index contributed by atoms with van der Waals surface area (Å²) < 4.78 is 7.98. The summed E-state index contributed by atoms with van der Waals surface area (Å²) in [4.78, 5) is 9.34. The van der Waals surface area contributed by atoms with Gasteiger partial charge in [0, 0.05) is 7.11 Å². The maximum Gasteiger partial charge on any atom is 1.00 e. The van der Waals surface area contributed by atoms with E-state index < -0.39 is 6.16 Å². The van der Waals surface area contributed by atoms with Gasteiger partial charge in [-0.05, 0) is 0 Å². The largest absolute Gasteiger partial charge is 1.00 e. The van der Waals surface area contributed by atoms with E-state index in [1.807, 2.05) is 0 Å². The van der Waals surface area contributed by atoms with E-state index >= 15 is 0 Å².